The third kappa shape index (κ3) is 6.92. The van der Waals surface area contributed by atoms with E-state index in [0.717, 1.165) is 12.1 Å². The Balaban J connectivity index is 2.09. The van der Waals surface area contributed by atoms with Crippen LogP contribution in [0.3, 0.4) is 0 Å². The van der Waals surface area contributed by atoms with Crippen molar-refractivity contribution in [2.75, 3.05) is 17.1 Å². The van der Waals surface area contributed by atoms with Crippen molar-refractivity contribution in [3.05, 3.63) is 65.1 Å². The first-order chi connectivity index (χ1) is 16.4. The molecule has 1 N–H and O–H groups in total. The Morgan fingerprint density at radius 1 is 0.943 bits per heavy atom. The summed E-state index contributed by atoms with van der Waals surface area (Å²) in [6, 6.07) is 10.6. The van der Waals surface area contributed by atoms with Gasteiger partial charge >= 0.3 is 6.36 Å². The number of hydrogen-bond donors (Lipinski definition) is 1. The standard InChI is InChI=1S/C23H23F3N2O6S/c1-4-32-21-13-22(29)28(3)14-19(21)18-12-15(27-35(30,31)5-2)6-11-20(18)33-16-7-9-17(10-8-16)34-23(24,25)26/h6-14,27H,4-5H2,1-3H3. The first kappa shape index (κ1) is 25.9. The number of pyridine rings is 1. The van der Waals surface area contributed by atoms with E-state index in [4.69, 9.17) is 9.47 Å². The molecule has 0 atom stereocenters. The van der Waals surface area contributed by atoms with Crippen molar-refractivity contribution < 1.29 is 35.8 Å². The minimum atomic E-state index is -4.82. The van der Waals surface area contributed by atoms with E-state index in [2.05, 4.69) is 9.46 Å². The highest BCUT2D eigenvalue weighted by Gasteiger charge is 2.31. The highest BCUT2D eigenvalue weighted by molar-refractivity contribution is 7.92. The van der Waals surface area contributed by atoms with Crippen molar-refractivity contribution in [1.82, 2.24) is 4.57 Å². The quantitative estimate of drug-likeness (QED) is 0.438. The van der Waals surface area contributed by atoms with Gasteiger partial charge in [0.25, 0.3) is 5.56 Å². The van der Waals surface area contributed by atoms with E-state index in [1.807, 2.05) is 0 Å². The molecule has 0 unspecified atom stereocenters. The van der Waals surface area contributed by atoms with Crippen LogP contribution in [0, 0.1) is 0 Å². The second-order valence-electron chi connectivity index (χ2n) is 7.27. The Morgan fingerprint density at radius 3 is 2.20 bits per heavy atom. The minimum Gasteiger partial charge on any atom is -0.493 e. The molecule has 1 heterocycles. The number of halogens is 3. The number of hydrogen-bond acceptors (Lipinski definition) is 6. The number of anilines is 1. The molecule has 188 valence electrons. The molecule has 0 spiro atoms. The third-order valence-corrected chi connectivity index (χ3v) is 6.01. The van der Waals surface area contributed by atoms with Gasteiger partial charge in [0.2, 0.25) is 10.0 Å². The molecular formula is C23H23F3N2O6S. The fraction of sp³-hybridized carbons (Fsp3) is 0.261. The molecule has 1 aromatic heterocycles. The van der Waals surface area contributed by atoms with Gasteiger partial charge in [0, 0.05) is 36.1 Å². The van der Waals surface area contributed by atoms with Gasteiger partial charge < -0.3 is 18.8 Å². The summed E-state index contributed by atoms with van der Waals surface area (Å²) in [6.07, 6.45) is -3.30. The van der Waals surface area contributed by atoms with Crippen LogP contribution in [-0.2, 0) is 17.1 Å². The first-order valence-corrected chi connectivity index (χ1v) is 12.1. The summed E-state index contributed by atoms with van der Waals surface area (Å²) < 4.78 is 80.7. The highest BCUT2D eigenvalue weighted by Crippen LogP contribution is 2.40. The summed E-state index contributed by atoms with van der Waals surface area (Å²) in [5.41, 5.74) is 0.761. The molecule has 3 rings (SSSR count). The van der Waals surface area contributed by atoms with Gasteiger partial charge in [-0.1, -0.05) is 0 Å². The molecule has 0 aliphatic rings. The molecule has 0 amide bonds. The Morgan fingerprint density at radius 2 is 1.60 bits per heavy atom. The molecule has 0 aliphatic heterocycles. The summed E-state index contributed by atoms with van der Waals surface area (Å²) in [5, 5.41) is 0. The van der Waals surface area contributed by atoms with Crippen LogP contribution in [0.5, 0.6) is 23.0 Å². The summed E-state index contributed by atoms with van der Waals surface area (Å²) >= 11 is 0. The first-order valence-electron chi connectivity index (χ1n) is 10.4. The smallest absolute Gasteiger partial charge is 0.493 e. The van der Waals surface area contributed by atoms with Gasteiger partial charge in [-0.25, -0.2) is 8.42 Å². The Bertz CT molecular complexity index is 1350. The second-order valence-corrected chi connectivity index (χ2v) is 9.28. The molecule has 8 nitrogen and oxygen atoms in total. The van der Waals surface area contributed by atoms with E-state index < -0.39 is 22.1 Å². The molecule has 0 bridgehead atoms. The van der Waals surface area contributed by atoms with Gasteiger partial charge in [-0.15, -0.1) is 13.2 Å². The maximum Gasteiger partial charge on any atom is 0.573 e. The van der Waals surface area contributed by atoms with E-state index in [0.29, 0.717) is 11.1 Å². The zero-order valence-electron chi connectivity index (χ0n) is 19.0. The van der Waals surface area contributed by atoms with Crippen LogP contribution in [0.15, 0.2) is 59.5 Å². The topological polar surface area (TPSA) is 95.9 Å². The number of nitrogens with one attached hydrogen (secondary N) is 1. The van der Waals surface area contributed by atoms with Gasteiger partial charge in [0.1, 0.15) is 23.0 Å². The maximum atomic E-state index is 12.4. The van der Waals surface area contributed by atoms with Crippen LogP contribution in [0.25, 0.3) is 11.1 Å². The fourth-order valence-corrected chi connectivity index (χ4v) is 3.70. The largest absolute Gasteiger partial charge is 0.573 e. The summed E-state index contributed by atoms with van der Waals surface area (Å²) in [7, 11) is -2.03. The van der Waals surface area contributed by atoms with Crippen molar-refractivity contribution >= 4 is 15.7 Å². The van der Waals surface area contributed by atoms with Crippen molar-refractivity contribution in [3.8, 4) is 34.1 Å². The van der Waals surface area contributed by atoms with Crippen molar-refractivity contribution in [3.63, 3.8) is 0 Å². The van der Waals surface area contributed by atoms with Gasteiger partial charge in [-0.05, 0) is 56.3 Å². The normalized spacial score (nSPS) is 11.7. The van der Waals surface area contributed by atoms with E-state index in [1.54, 1.807) is 14.0 Å². The average molecular weight is 513 g/mol. The SMILES string of the molecule is CCOc1cc(=O)n(C)cc1-c1cc(NS(=O)(=O)CC)ccc1Oc1ccc(OC(F)(F)F)cc1. The zero-order valence-corrected chi connectivity index (χ0v) is 19.9. The molecule has 3 aromatic rings. The van der Waals surface area contributed by atoms with Crippen LogP contribution in [0.1, 0.15) is 13.8 Å². The predicted octanol–water partition coefficient (Wildman–Crippen LogP) is 4.90. The lowest BCUT2D eigenvalue weighted by molar-refractivity contribution is -0.274. The van der Waals surface area contributed by atoms with E-state index in [-0.39, 0.29) is 40.9 Å². The Labute approximate surface area is 199 Å². The van der Waals surface area contributed by atoms with E-state index in [1.165, 1.54) is 54.1 Å². The molecule has 0 radical (unpaired) electrons. The summed E-state index contributed by atoms with van der Waals surface area (Å²) in [5.74, 6) is 0.145. The molecule has 0 saturated heterocycles. The van der Waals surface area contributed by atoms with E-state index >= 15 is 0 Å². The second kappa shape index (κ2) is 10.3. The number of nitrogens with zero attached hydrogens (tertiary/aromatic N) is 1. The molecule has 0 fully saturated rings. The molecular weight excluding hydrogens is 489 g/mol. The van der Waals surface area contributed by atoms with Gasteiger partial charge in [-0.2, -0.15) is 0 Å². The van der Waals surface area contributed by atoms with Gasteiger partial charge in [-0.3, -0.25) is 9.52 Å². The number of aryl methyl sites for hydroxylation is 1. The minimum absolute atomic E-state index is 0.142. The lowest BCUT2D eigenvalue weighted by Crippen LogP contribution is -2.17. The predicted molar refractivity (Wildman–Crippen MR) is 125 cm³/mol. The van der Waals surface area contributed by atoms with Crippen LogP contribution < -0.4 is 24.5 Å². The van der Waals surface area contributed by atoms with Crippen molar-refractivity contribution in [2.45, 2.75) is 20.2 Å². The molecule has 2 aromatic carbocycles. The van der Waals surface area contributed by atoms with Crippen LogP contribution in [0.4, 0.5) is 18.9 Å². The van der Waals surface area contributed by atoms with Gasteiger partial charge in [0.15, 0.2) is 0 Å². The summed E-state index contributed by atoms with van der Waals surface area (Å²) in [6.45, 7) is 3.50. The number of sulfonamides is 1. The van der Waals surface area contributed by atoms with Crippen molar-refractivity contribution in [1.29, 1.82) is 0 Å². The maximum absolute atomic E-state index is 12.4. The van der Waals surface area contributed by atoms with Crippen LogP contribution >= 0.6 is 0 Å². The molecule has 12 heteroatoms. The summed E-state index contributed by atoms with van der Waals surface area (Å²) in [4.78, 5) is 12.2. The molecule has 0 aliphatic carbocycles. The molecule has 35 heavy (non-hydrogen) atoms. The van der Waals surface area contributed by atoms with Crippen LogP contribution in [-0.4, -0.2) is 31.7 Å². The average Bonchev–Trinajstić information content (AvgIpc) is 2.77. The number of ether oxygens (including phenoxy) is 3. The van der Waals surface area contributed by atoms with Crippen LogP contribution in [0.2, 0.25) is 0 Å². The third-order valence-electron chi connectivity index (χ3n) is 4.70. The Hall–Kier alpha value is -3.67. The van der Waals surface area contributed by atoms with Gasteiger partial charge in [0.05, 0.1) is 12.4 Å². The fourth-order valence-electron chi connectivity index (χ4n) is 3.07. The number of alkyl halides is 3. The van der Waals surface area contributed by atoms with E-state index in [9.17, 15) is 26.4 Å². The molecule has 0 saturated carbocycles. The number of rotatable bonds is 9. The van der Waals surface area contributed by atoms with Crippen molar-refractivity contribution in [2.24, 2.45) is 7.05 Å². The zero-order chi connectivity index (χ0) is 25.8. The highest BCUT2D eigenvalue weighted by atomic mass is 32.2. The number of benzene rings is 2. The monoisotopic (exact) mass is 512 g/mol. The Kier molecular flexibility index (Phi) is 7.64. The lowest BCUT2D eigenvalue weighted by atomic mass is 10.0. The number of aromatic nitrogens is 1. The lowest BCUT2D eigenvalue weighted by Gasteiger charge is -2.17.